The molecule has 5 aliphatic heterocycles. The first-order valence-corrected chi connectivity index (χ1v) is 16.9. The number of aromatic nitrogens is 2. The number of piperazine rings is 1. The van der Waals surface area contributed by atoms with Gasteiger partial charge in [0.25, 0.3) is 0 Å². The van der Waals surface area contributed by atoms with E-state index >= 15 is 4.39 Å². The van der Waals surface area contributed by atoms with E-state index in [4.69, 9.17) is 36.8 Å². The third kappa shape index (κ3) is 3.81. The van der Waals surface area contributed by atoms with Crippen LogP contribution in [0.4, 0.5) is 15.2 Å². The van der Waals surface area contributed by atoms with Gasteiger partial charge in [0.05, 0.1) is 27.6 Å². The SMILES string of the molecule is N#Cc1c(N)sc2c1C(c1c(Cl)c3c4c(nc(OCC56CCCN5CCC6)nc4c1F)N1CC4CCC(N4)C1CO3)=CCC2. The van der Waals surface area contributed by atoms with Gasteiger partial charge in [-0.2, -0.15) is 15.2 Å². The molecule has 3 atom stereocenters. The Balaban J connectivity index is 1.24. The van der Waals surface area contributed by atoms with Gasteiger partial charge in [0.2, 0.25) is 0 Å². The maximum atomic E-state index is 17.2. The molecular formula is C32H33ClFN7O2S. The van der Waals surface area contributed by atoms with Gasteiger partial charge in [-0.05, 0) is 70.0 Å². The van der Waals surface area contributed by atoms with Crippen LogP contribution in [0.25, 0.3) is 16.5 Å². The number of aryl methyl sites for hydroxylation is 1. The lowest BCUT2D eigenvalue weighted by Crippen LogP contribution is -2.60. The predicted octanol–water partition coefficient (Wildman–Crippen LogP) is 5.02. The molecule has 44 heavy (non-hydrogen) atoms. The molecule has 9 rings (SSSR count). The van der Waals surface area contributed by atoms with Crippen LogP contribution in [0.15, 0.2) is 6.08 Å². The Kier molecular flexibility index (Phi) is 6.12. The second kappa shape index (κ2) is 9.91. The molecule has 4 fully saturated rings. The molecule has 12 heteroatoms. The molecule has 0 radical (unpaired) electrons. The first-order valence-electron chi connectivity index (χ1n) is 15.7. The second-order valence-electron chi connectivity index (χ2n) is 13.1. The summed E-state index contributed by atoms with van der Waals surface area (Å²) in [5, 5.41) is 14.8. The zero-order valence-corrected chi connectivity index (χ0v) is 25.9. The first kappa shape index (κ1) is 27.2. The number of hydrogen-bond donors (Lipinski definition) is 2. The van der Waals surface area contributed by atoms with Crippen LogP contribution in [0.3, 0.4) is 0 Å². The molecule has 228 valence electrons. The minimum Gasteiger partial charge on any atom is -0.489 e. The molecule has 3 N–H and O–H groups in total. The average molecular weight is 634 g/mol. The number of hydrogen-bond acceptors (Lipinski definition) is 10. The van der Waals surface area contributed by atoms with E-state index in [1.54, 1.807) is 0 Å². The van der Waals surface area contributed by atoms with E-state index in [-0.39, 0.29) is 39.7 Å². The van der Waals surface area contributed by atoms with Crippen molar-refractivity contribution >= 4 is 50.2 Å². The van der Waals surface area contributed by atoms with Crippen molar-refractivity contribution in [2.24, 2.45) is 0 Å². The van der Waals surface area contributed by atoms with E-state index in [1.165, 1.54) is 11.3 Å². The summed E-state index contributed by atoms with van der Waals surface area (Å²) >= 11 is 8.54. The molecular weight excluding hydrogens is 601 g/mol. The standard InChI is InChI=1S/C32H33ClFN7O2S/c33-25-23(17-4-1-5-21-22(17)18(12-35)29(36)44-21)26(34)27-24-28(25)42-14-20-19-7-6-16(37-19)13-41(20)30(24)39-31(38-27)43-15-32-8-2-10-40(32)11-3-9-32/h4,16,19-20,37H,1-3,5-11,13-15,36H2. The topological polar surface area (TPSA) is 113 Å². The van der Waals surface area contributed by atoms with Crippen molar-refractivity contribution in [1.82, 2.24) is 20.2 Å². The summed E-state index contributed by atoms with van der Waals surface area (Å²) in [6.07, 6.45) is 9.99. The van der Waals surface area contributed by atoms with Crippen LogP contribution < -0.4 is 25.4 Å². The fourth-order valence-corrected chi connectivity index (χ4v) is 10.2. The number of nitrogens with two attached hydrogens (primary N) is 1. The van der Waals surface area contributed by atoms with Gasteiger partial charge in [-0.15, -0.1) is 11.3 Å². The molecule has 0 amide bonds. The van der Waals surface area contributed by atoms with E-state index in [0.29, 0.717) is 64.3 Å². The molecule has 0 spiro atoms. The van der Waals surface area contributed by atoms with Crippen molar-refractivity contribution in [3.05, 3.63) is 38.5 Å². The van der Waals surface area contributed by atoms with Gasteiger partial charge in [0.1, 0.15) is 35.6 Å². The number of thiophene rings is 1. The van der Waals surface area contributed by atoms with Crippen LogP contribution in [-0.2, 0) is 6.42 Å². The number of fused-ring (bicyclic) bond motifs is 7. The quantitative estimate of drug-likeness (QED) is 0.409. The zero-order chi connectivity index (χ0) is 29.7. The van der Waals surface area contributed by atoms with Crippen molar-refractivity contribution in [3.8, 4) is 17.8 Å². The number of rotatable bonds is 4. The molecule has 2 aromatic heterocycles. The summed E-state index contributed by atoms with van der Waals surface area (Å²) in [7, 11) is 0. The van der Waals surface area contributed by atoms with Gasteiger partial charge in [0.15, 0.2) is 11.6 Å². The fraction of sp³-hybridized carbons (Fsp3) is 0.531. The Morgan fingerprint density at radius 3 is 2.91 bits per heavy atom. The molecule has 0 saturated carbocycles. The van der Waals surface area contributed by atoms with Crippen LogP contribution in [0.5, 0.6) is 11.8 Å². The highest BCUT2D eigenvalue weighted by atomic mass is 35.5. The average Bonchev–Trinajstić information content (AvgIpc) is 3.76. The Morgan fingerprint density at radius 2 is 2.09 bits per heavy atom. The normalized spacial score (nSPS) is 26.4. The minimum atomic E-state index is -0.559. The predicted molar refractivity (Wildman–Crippen MR) is 168 cm³/mol. The number of nitrogens with one attached hydrogen (secondary N) is 1. The highest BCUT2D eigenvalue weighted by Gasteiger charge is 2.47. The number of halogens is 2. The van der Waals surface area contributed by atoms with E-state index in [2.05, 4.69) is 21.2 Å². The lowest BCUT2D eigenvalue weighted by Gasteiger charge is -2.40. The summed E-state index contributed by atoms with van der Waals surface area (Å²) in [6.45, 7) is 3.78. The maximum Gasteiger partial charge on any atom is 0.319 e. The third-order valence-corrected chi connectivity index (χ3v) is 12.3. The smallest absolute Gasteiger partial charge is 0.319 e. The maximum absolute atomic E-state index is 17.2. The molecule has 4 saturated heterocycles. The van der Waals surface area contributed by atoms with Gasteiger partial charge < -0.3 is 25.4 Å². The Hall–Kier alpha value is -3.17. The zero-order valence-electron chi connectivity index (χ0n) is 24.3. The highest BCUT2D eigenvalue weighted by Crippen LogP contribution is 2.51. The van der Waals surface area contributed by atoms with Gasteiger partial charge >= 0.3 is 6.01 Å². The van der Waals surface area contributed by atoms with Crippen LogP contribution in [-0.4, -0.2) is 71.4 Å². The number of benzene rings is 1. The van der Waals surface area contributed by atoms with E-state index in [0.717, 1.165) is 69.5 Å². The van der Waals surface area contributed by atoms with Crippen LogP contribution >= 0.6 is 22.9 Å². The summed E-state index contributed by atoms with van der Waals surface area (Å²) in [5.41, 5.74) is 8.16. The third-order valence-electron chi connectivity index (χ3n) is 10.8. The first-order chi connectivity index (χ1) is 21.5. The minimum absolute atomic E-state index is 0.00299. The summed E-state index contributed by atoms with van der Waals surface area (Å²) < 4.78 is 30.1. The number of nitriles is 1. The number of nitrogens with zero attached hydrogens (tertiary/aromatic N) is 5. The number of nitrogen functional groups attached to an aromatic ring is 1. The van der Waals surface area contributed by atoms with Crippen molar-refractivity contribution in [2.75, 3.05) is 43.5 Å². The van der Waals surface area contributed by atoms with Crippen molar-refractivity contribution in [1.29, 1.82) is 5.26 Å². The molecule has 2 bridgehead atoms. The highest BCUT2D eigenvalue weighted by molar-refractivity contribution is 7.16. The molecule has 7 heterocycles. The molecule has 3 unspecified atom stereocenters. The summed E-state index contributed by atoms with van der Waals surface area (Å²) in [5.74, 6) is 0.448. The lowest BCUT2D eigenvalue weighted by molar-refractivity contribution is 0.108. The number of ether oxygens (including phenoxy) is 2. The molecule has 3 aromatic rings. The van der Waals surface area contributed by atoms with Crippen LogP contribution in [0, 0.1) is 17.1 Å². The van der Waals surface area contributed by atoms with Crippen molar-refractivity contribution < 1.29 is 13.9 Å². The van der Waals surface area contributed by atoms with Crippen LogP contribution in [0.1, 0.15) is 66.5 Å². The lowest BCUT2D eigenvalue weighted by atomic mass is 9.88. The van der Waals surface area contributed by atoms with E-state index < -0.39 is 5.82 Å². The number of allylic oxidation sites excluding steroid dienone is 1. The largest absolute Gasteiger partial charge is 0.489 e. The van der Waals surface area contributed by atoms with Gasteiger partial charge in [-0.25, -0.2) is 4.39 Å². The Morgan fingerprint density at radius 1 is 1.25 bits per heavy atom. The fourth-order valence-electron chi connectivity index (χ4n) is 8.79. The molecule has 1 aliphatic carbocycles. The molecule has 1 aromatic carbocycles. The Bertz CT molecular complexity index is 1790. The van der Waals surface area contributed by atoms with Gasteiger partial charge in [-0.3, -0.25) is 4.90 Å². The van der Waals surface area contributed by atoms with Gasteiger partial charge in [-0.1, -0.05) is 17.7 Å². The van der Waals surface area contributed by atoms with Crippen molar-refractivity contribution in [2.45, 2.75) is 75.0 Å². The van der Waals surface area contributed by atoms with E-state index in [1.807, 2.05) is 6.08 Å². The van der Waals surface area contributed by atoms with Crippen molar-refractivity contribution in [3.63, 3.8) is 0 Å². The summed E-state index contributed by atoms with van der Waals surface area (Å²) in [6, 6.07) is 3.00. The number of anilines is 2. The molecule has 9 nitrogen and oxygen atoms in total. The summed E-state index contributed by atoms with van der Waals surface area (Å²) in [4.78, 5) is 15.5. The monoisotopic (exact) mass is 633 g/mol. The molecule has 6 aliphatic rings. The van der Waals surface area contributed by atoms with Gasteiger partial charge in [0, 0.05) is 34.6 Å². The second-order valence-corrected chi connectivity index (χ2v) is 14.6. The Labute approximate surface area is 263 Å². The van der Waals surface area contributed by atoms with E-state index in [9.17, 15) is 5.26 Å². The van der Waals surface area contributed by atoms with Crippen LogP contribution in [0.2, 0.25) is 5.02 Å².